The summed E-state index contributed by atoms with van der Waals surface area (Å²) in [4.78, 5) is 4.51. The maximum Gasteiger partial charge on any atom is 0.110 e. The van der Waals surface area contributed by atoms with Gasteiger partial charge < -0.3 is 5.32 Å². The lowest BCUT2D eigenvalue weighted by atomic mass is 9.81. The average Bonchev–Trinajstić information content (AvgIpc) is 2.50. The van der Waals surface area contributed by atoms with Crippen LogP contribution in [0.5, 0.6) is 0 Å². The summed E-state index contributed by atoms with van der Waals surface area (Å²) in [6.45, 7) is 2.33. The van der Waals surface area contributed by atoms with Crippen molar-refractivity contribution in [2.75, 3.05) is 7.05 Å². The van der Waals surface area contributed by atoms with Crippen LogP contribution >= 0.6 is 27.7 Å². The third-order valence-corrected chi connectivity index (χ3v) is 6.34. The lowest BCUT2D eigenvalue weighted by molar-refractivity contribution is 0.472. The number of hydrogen-bond acceptors (Lipinski definition) is 3. The molecular formula is C17H19BrN2S. The van der Waals surface area contributed by atoms with Gasteiger partial charge in [0.1, 0.15) is 5.03 Å². The third kappa shape index (κ3) is 3.03. The molecule has 0 saturated heterocycles. The van der Waals surface area contributed by atoms with Crippen LogP contribution in [0.25, 0.3) is 0 Å². The normalized spacial score (nSPS) is 24.6. The number of thioether (sulfide) groups is 1. The first-order valence-electron chi connectivity index (χ1n) is 7.24. The van der Waals surface area contributed by atoms with Crippen molar-refractivity contribution < 1.29 is 0 Å². The van der Waals surface area contributed by atoms with Crippen molar-refractivity contribution >= 4 is 27.7 Å². The van der Waals surface area contributed by atoms with E-state index in [4.69, 9.17) is 0 Å². The van der Waals surface area contributed by atoms with Gasteiger partial charge in [-0.25, -0.2) is 4.98 Å². The van der Waals surface area contributed by atoms with Crippen LogP contribution in [0, 0.1) is 0 Å². The summed E-state index contributed by atoms with van der Waals surface area (Å²) in [6.07, 6.45) is 3.03. The summed E-state index contributed by atoms with van der Waals surface area (Å²) in [5.41, 5.74) is 2.91. The Morgan fingerprint density at radius 1 is 1.19 bits per heavy atom. The van der Waals surface area contributed by atoms with Crippen molar-refractivity contribution in [1.82, 2.24) is 10.3 Å². The number of fused-ring (bicyclic) bond motifs is 1. The van der Waals surface area contributed by atoms with Gasteiger partial charge >= 0.3 is 0 Å². The Morgan fingerprint density at radius 2 is 1.95 bits per heavy atom. The Labute approximate surface area is 138 Å². The number of nitrogens with zero attached hydrogens (tertiary/aromatic N) is 1. The van der Waals surface area contributed by atoms with Crippen molar-refractivity contribution in [1.29, 1.82) is 0 Å². The fourth-order valence-electron chi connectivity index (χ4n) is 3.11. The predicted octanol–water partition coefficient (Wildman–Crippen LogP) is 4.77. The van der Waals surface area contributed by atoms with Crippen LogP contribution in [0.3, 0.4) is 0 Å². The molecule has 21 heavy (non-hydrogen) atoms. The van der Waals surface area contributed by atoms with E-state index in [1.165, 1.54) is 11.1 Å². The van der Waals surface area contributed by atoms with E-state index in [-0.39, 0.29) is 0 Å². The second-order valence-electron chi connectivity index (χ2n) is 5.48. The summed E-state index contributed by atoms with van der Waals surface area (Å²) in [5.74, 6) is 0.589. The van der Waals surface area contributed by atoms with Gasteiger partial charge in [0.2, 0.25) is 0 Å². The maximum absolute atomic E-state index is 4.51. The molecule has 0 fully saturated rings. The lowest BCUT2D eigenvalue weighted by Crippen LogP contribution is -2.33. The number of hydrogen-bond donors (Lipinski definition) is 1. The SMILES string of the molecule is CNC1c2ccccc2C(C)CC1Sc1ncccc1Br. The van der Waals surface area contributed by atoms with Gasteiger partial charge in [0, 0.05) is 22.0 Å². The summed E-state index contributed by atoms with van der Waals surface area (Å²) >= 11 is 5.48. The summed E-state index contributed by atoms with van der Waals surface area (Å²) in [5, 5.41) is 5.08. The molecule has 0 radical (unpaired) electrons. The minimum atomic E-state index is 0.372. The van der Waals surface area contributed by atoms with Crippen LogP contribution < -0.4 is 5.32 Å². The Balaban J connectivity index is 1.92. The van der Waals surface area contributed by atoms with E-state index in [2.05, 4.69) is 70.5 Å². The molecule has 0 saturated carbocycles. The molecule has 0 bridgehead atoms. The molecule has 0 spiro atoms. The molecule has 1 aliphatic rings. The molecule has 1 aromatic carbocycles. The molecule has 3 atom stereocenters. The molecule has 1 heterocycles. The molecule has 1 N–H and O–H groups in total. The highest BCUT2D eigenvalue weighted by Crippen LogP contribution is 2.45. The fraction of sp³-hybridized carbons (Fsp3) is 0.353. The van der Waals surface area contributed by atoms with E-state index in [1.54, 1.807) is 0 Å². The Morgan fingerprint density at radius 3 is 2.67 bits per heavy atom. The standard InChI is InChI=1S/C17H19BrN2S/c1-11-10-15(21-17-14(18)8-5-9-20-17)16(19-2)13-7-4-3-6-12(11)13/h3-9,11,15-16,19H,10H2,1-2H3. The average molecular weight is 363 g/mol. The van der Waals surface area contributed by atoms with Crippen LogP contribution in [-0.2, 0) is 0 Å². The Bertz CT molecular complexity index is 632. The van der Waals surface area contributed by atoms with Gasteiger partial charge in [0.05, 0.1) is 0 Å². The van der Waals surface area contributed by atoms with E-state index in [9.17, 15) is 0 Å². The van der Waals surface area contributed by atoms with E-state index in [0.717, 1.165) is 15.9 Å². The monoisotopic (exact) mass is 362 g/mol. The summed E-state index contributed by atoms with van der Waals surface area (Å²) in [7, 11) is 2.05. The minimum absolute atomic E-state index is 0.372. The van der Waals surface area contributed by atoms with Gasteiger partial charge in [-0.1, -0.05) is 43.0 Å². The molecule has 1 aromatic heterocycles. The van der Waals surface area contributed by atoms with Crippen LogP contribution in [0.15, 0.2) is 52.1 Å². The number of nitrogens with one attached hydrogen (secondary N) is 1. The number of rotatable bonds is 3. The minimum Gasteiger partial charge on any atom is -0.312 e. The molecule has 4 heteroatoms. The highest BCUT2D eigenvalue weighted by atomic mass is 79.9. The van der Waals surface area contributed by atoms with Crippen LogP contribution in [0.2, 0.25) is 0 Å². The Kier molecular flexibility index (Phi) is 4.67. The molecular weight excluding hydrogens is 344 g/mol. The number of halogens is 1. The smallest absolute Gasteiger partial charge is 0.110 e. The third-order valence-electron chi connectivity index (χ3n) is 4.12. The molecule has 3 unspecified atom stereocenters. The topological polar surface area (TPSA) is 24.9 Å². The van der Waals surface area contributed by atoms with Gasteiger partial charge in [0.15, 0.2) is 0 Å². The predicted molar refractivity (Wildman–Crippen MR) is 92.9 cm³/mol. The van der Waals surface area contributed by atoms with E-state index in [1.807, 2.05) is 24.0 Å². The van der Waals surface area contributed by atoms with Gasteiger partial charge in [-0.15, -0.1) is 0 Å². The number of benzene rings is 1. The number of pyridine rings is 1. The van der Waals surface area contributed by atoms with Gasteiger partial charge in [0.25, 0.3) is 0 Å². The molecule has 3 rings (SSSR count). The summed E-state index contributed by atoms with van der Waals surface area (Å²) < 4.78 is 1.08. The molecule has 2 nitrogen and oxygen atoms in total. The van der Waals surface area contributed by atoms with E-state index >= 15 is 0 Å². The summed E-state index contributed by atoms with van der Waals surface area (Å²) in [6, 6.07) is 13.2. The van der Waals surface area contributed by atoms with Crippen molar-refractivity contribution in [2.24, 2.45) is 0 Å². The van der Waals surface area contributed by atoms with Crippen molar-refractivity contribution in [3.63, 3.8) is 0 Å². The molecule has 0 aliphatic heterocycles. The maximum atomic E-state index is 4.51. The zero-order chi connectivity index (χ0) is 14.8. The van der Waals surface area contributed by atoms with Crippen LogP contribution in [-0.4, -0.2) is 17.3 Å². The second-order valence-corrected chi connectivity index (χ2v) is 7.56. The quantitative estimate of drug-likeness (QED) is 0.850. The van der Waals surface area contributed by atoms with Gasteiger partial charge in [-0.05, 0) is 58.6 Å². The Hall–Kier alpha value is -0.840. The van der Waals surface area contributed by atoms with Crippen LogP contribution in [0.1, 0.15) is 36.4 Å². The first-order chi connectivity index (χ1) is 10.2. The first-order valence-corrected chi connectivity index (χ1v) is 8.91. The van der Waals surface area contributed by atoms with E-state index in [0.29, 0.717) is 17.2 Å². The largest absolute Gasteiger partial charge is 0.312 e. The molecule has 0 amide bonds. The zero-order valence-electron chi connectivity index (χ0n) is 12.2. The second kappa shape index (κ2) is 6.51. The van der Waals surface area contributed by atoms with Crippen molar-refractivity contribution in [3.05, 3.63) is 58.2 Å². The number of aromatic nitrogens is 1. The highest BCUT2D eigenvalue weighted by Gasteiger charge is 2.33. The highest BCUT2D eigenvalue weighted by molar-refractivity contribution is 9.10. The van der Waals surface area contributed by atoms with Crippen molar-refractivity contribution in [2.45, 2.75) is 35.6 Å². The van der Waals surface area contributed by atoms with E-state index < -0.39 is 0 Å². The zero-order valence-corrected chi connectivity index (χ0v) is 14.6. The van der Waals surface area contributed by atoms with Crippen molar-refractivity contribution in [3.8, 4) is 0 Å². The van der Waals surface area contributed by atoms with Crippen LogP contribution in [0.4, 0.5) is 0 Å². The fourth-order valence-corrected chi connectivity index (χ4v) is 5.04. The molecule has 110 valence electrons. The van der Waals surface area contributed by atoms with Gasteiger partial charge in [-0.3, -0.25) is 0 Å². The molecule has 1 aliphatic carbocycles. The lowest BCUT2D eigenvalue weighted by Gasteiger charge is -2.36. The first kappa shape index (κ1) is 15.1. The van der Waals surface area contributed by atoms with Gasteiger partial charge in [-0.2, -0.15) is 0 Å². The molecule has 2 aromatic rings.